The number of carbonyl (C=O) groups excluding carboxylic acids is 1. The van der Waals surface area contributed by atoms with Crippen LogP contribution in [0, 0.1) is 11.3 Å². The number of pyridine rings is 2. The van der Waals surface area contributed by atoms with E-state index >= 15 is 0 Å². The molecule has 1 spiro atoms. The number of hydrogen-bond acceptors (Lipinski definition) is 9. The van der Waals surface area contributed by atoms with Crippen LogP contribution in [0.3, 0.4) is 0 Å². The molecule has 1 aliphatic carbocycles. The zero-order valence-corrected chi connectivity index (χ0v) is 32.2. The van der Waals surface area contributed by atoms with E-state index in [9.17, 15) is 9.59 Å². The Morgan fingerprint density at radius 1 is 0.904 bits per heavy atom. The van der Waals surface area contributed by atoms with Gasteiger partial charge in [0.1, 0.15) is 17.1 Å². The lowest BCUT2D eigenvalue weighted by Crippen LogP contribution is -2.56. The zero-order chi connectivity index (χ0) is 36.6. The predicted molar refractivity (Wildman–Crippen MR) is 204 cm³/mol. The van der Waals surface area contributed by atoms with Crippen molar-refractivity contribution in [2.75, 3.05) is 73.1 Å². The fourth-order valence-electron chi connectivity index (χ4n) is 9.16. The Hall–Kier alpha value is -3.67. The van der Waals surface area contributed by atoms with Crippen molar-refractivity contribution in [2.24, 2.45) is 18.4 Å². The lowest BCUT2D eigenvalue weighted by Gasteiger charge is -2.50. The maximum Gasteiger partial charge on any atom is 0.410 e. The van der Waals surface area contributed by atoms with Gasteiger partial charge in [0.2, 0.25) is 0 Å². The highest BCUT2D eigenvalue weighted by molar-refractivity contribution is 5.95. The molecule has 2 aromatic heterocycles. The summed E-state index contributed by atoms with van der Waals surface area (Å²) in [4.78, 5) is 39.1. The van der Waals surface area contributed by atoms with Crippen LogP contribution in [0.5, 0.6) is 11.5 Å². The third-order valence-corrected chi connectivity index (χ3v) is 12.3. The van der Waals surface area contributed by atoms with Crippen LogP contribution in [0.4, 0.5) is 4.79 Å². The molecular weight excluding hydrogens is 656 g/mol. The van der Waals surface area contributed by atoms with Crippen LogP contribution in [-0.4, -0.2) is 120 Å². The molecule has 1 aromatic carbocycles. The molecule has 0 radical (unpaired) electrons. The van der Waals surface area contributed by atoms with Gasteiger partial charge in [-0.2, -0.15) is 0 Å². The first-order valence-corrected chi connectivity index (χ1v) is 19.3. The van der Waals surface area contributed by atoms with Crippen LogP contribution in [0.2, 0.25) is 0 Å². The number of likely N-dealkylation sites (tertiary alicyclic amines) is 2. The third kappa shape index (κ3) is 7.82. The highest BCUT2D eigenvalue weighted by Crippen LogP contribution is 2.46. The van der Waals surface area contributed by atoms with Gasteiger partial charge in [0.25, 0.3) is 5.56 Å². The first-order valence-electron chi connectivity index (χ1n) is 19.3. The van der Waals surface area contributed by atoms with Gasteiger partial charge in [-0.3, -0.25) is 19.6 Å². The largest absolute Gasteiger partial charge is 0.496 e. The summed E-state index contributed by atoms with van der Waals surface area (Å²) in [6, 6.07) is 6.73. The van der Waals surface area contributed by atoms with Gasteiger partial charge in [0.05, 0.1) is 25.2 Å². The zero-order valence-electron chi connectivity index (χ0n) is 32.2. The number of ether oxygens (including phenoxy) is 3. The minimum absolute atomic E-state index is 0.0640. The van der Waals surface area contributed by atoms with Crippen LogP contribution in [-0.2, 0) is 18.3 Å². The molecule has 0 unspecified atom stereocenters. The number of piperidine rings is 1. The Bertz CT molecular complexity index is 1760. The molecule has 1 saturated carbocycles. The number of benzene rings is 1. The van der Waals surface area contributed by atoms with E-state index in [1.54, 1.807) is 38.2 Å². The maximum atomic E-state index is 12.8. The molecule has 0 bridgehead atoms. The van der Waals surface area contributed by atoms with E-state index in [0.717, 1.165) is 85.9 Å². The molecule has 11 nitrogen and oxygen atoms in total. The van der Waals surface area contributed by atoms with E-state index in [1.807, 2.05) is 37.9 Å². The summed E-state index contributed by atoms with van der Waals surface area (Å²) < 4.78 is 19.1. The number of amides is 1. The van der Waals surface area contributed by atoms with E-state index in [2.05, 4.69) is 31.8 Å². The van der Waals surface area contributed by atoms with Crippen molar-refractivity contribution in [3.63, 3.8) is 0 Å². The average Bonchev–Trinajstić information content (AvgIpc) is 3.12. The quantitative estimate of drug-likeness (QED) is 0.295. The van der Waals surface area contributed by atoms with Crippen molar-refractivity contribution in [3.05, 3.63) is 52.7 Å². The molecule has 0 N–H and O–H groups in total. The second kappa shape index (κ2) is 15.0. The second-order valence-corrected chi connectivity index (χ2v) is 16.8. The Balaban J connectivity index is 0.890. The topological polar surface area (TPSA) is 92.6 Å². The molecular formula is C41H58N6O5. The summed E-state index contributed by atoms with van der Waals surface area (Å²) in [5.74, 6) is 2.17. The standard InChI is InChI=1S/C41H58N6O5/c1-40(2,3)52-39(49)47-25-29(26-47)24-44-15-12-41(13-16-44)10-7-31(8-11-41)46-19-17-45(18-20-46)28-35-36(50-5)21-30(22-37(35)51-6)34-27-43(4)38(48)33-23-42-14-9-32(33)34/h9,14,21-23,27,29,31H,7-8,10-13,15-20,24-26,28H2,1-6H3. The number of aryl methyl sites for hydroxylation is 1. The first-order chi connectivity index (χ1) is 24.9. The van der Waals surface area contributed by atoms with Gasteiger partial charge in [-0.25, -0.2) is 4.79 Å². The fraction of sp³-hybridized carbons (Fsp3) is 0.634. The summed E-state index contributed by atoms with van der Waals surface area (Å²) in [7, 11) is 5.22. The number of hydrogen-bond donors (Lipinski definition) is 0. The third-order valence-electron chi connectivity index (χ3n) is 12.3. The second-order valence-electron chi connectivity index (χ2n) is 16.8. The molecule has 1 amide bonds. The SMILES string of the molecule is COc1cc(-c2cn(C)c(=O)c3cnccc23)cc(OC)c1CN1CCN(C2CCC3(CC2)CCN(CC2CN(C(=O)OC(C)(C)C)C2)CC3)CC1. The highest BCUT2D eigenvalue weighted by atomic mass is 16.6. The van der Waals surface area contributed by atoms with Crippen LogP contribution in [0.25, 0.3) is 21.9 Å². The Kier molecular flexibility index (Phi) is 10.6. The fourth-order valence-corrected chi connectivity index (χ4v) is 9.16. The van der Waals surface area contributed by atoms with Crippen LogP contribution >= 0.6 is 0 Å². The van der Waals surface area contributed by atoms with Crippen LogP contribution in [0.15, 0.2) is 41.6 Å². The van der Waals surface area contributed by atoms with Crippen molar-refractivity contribution >= 4 is 16.9 Å². The predicted octanol–water partition coefficient (Wildman–Crippen LogP) is 5.63. The summed E-state index contributed by atoms with van der Waals surface area (Å²) in [5.41, 5.74) is 2.97. The summed E-state index contributed by atoms with van der Waals surface area (Å²) in [5, 5.41) is 1.46. The summed E-state index contributed by atoms with van der Waals surface area (Å²) >= 11 is 0. The van der Waals surface area contributed by atoms with Gasteiger partial charge >= 0.3 is 6.09 Å². The number of carbonyl (C=O) groups is 1. The Morgan fingerprint density at radius 2 is 1.56 bits per heavy atom. The van der Waals surface area contributed by atoms with Crippen LogP contribution < -0.4 is 15.0 Å². The van der Waals surface area contributed by atoms with Crippen LogP contribution in [0.1, 0.15) is 64.9 Å². The number of aromatic nitrogens is 2. The van der Waals surface area contributed by atoms with Gasteiger partial charge in [0, 0.05) is 95.5 Å². The highest BCUT2D eigenvalue weighted by Gasteiger charge is 2.41. The maximum absolute atomic E-state index is 12.8. The van der Waals surface area contributed by atoms with E-state index in [4.69, 9.17) is 14.2 Å². The lowest BCUT2D eigenvalue weighted by molar-refractivity contribution is -0.0163. The lowest BCUT2D eigenvalue weighted by atomic mass is 9.66. The molecule has 4 fully saturated rings. The van der Waals surface area contributed by atoms with E-state index in [0.29, 0.717) is 22.8 Å². The number of fused-ring (bicyclic) bond motifs is 1. The summed E-state index contributed by atoms with van der Waals surface area (Å²) in [6.45, 7) is 15.9. The first kappa shape index (κ1) is 36.7. The number of methoxy groups -OCH3 is 2. The molecule has 11 heteroatoms. The van der Waals surface area contributed by atoms with Crippen molar-refractivity contribution in [1.82, 2.24) is 29.2 Å². The Labute approximate surface area is 308 Å². The molecule has 3 saturated heterocycles. The van der Waals surface area contributed by atoms with E-state index in [1.165, 1.54) is 51.6 Å². The minimum Gasteiger partial charge on any atom is -0.496 e. The minimum atomic E-state index is -0.432. The molecule has 5 heterocycles. The van der Waals surface area contributed by atoms with Crippen molar-refractivity contribution in [1.29, 1.82) is 0 Å². The van der Waals surface area contributed by atoms with Gasteiger partial charge in [-0.05, 0) is 107 Å². The van der Waals surface area contributed by atoms with Gasteiger partial charge in [0.15, 0.2) is 0 Å². The molecule has 4 aliphatic rings. The molecule has 7 rings (SSSR count). The normalized spacial score (nSPS) is 21.0. The number of rotatable bonds is 8. The summed E-state index contributed by atoms with van der Waals surface area (Å²) in [6.07, 6.45) is 13.0. The monoisotopic (exact) mass is 714 g/mol. The van der Waals surface area contributed by atoms with E-state index < -0.39 is 5.60 Å². The van der Waals surface area contributed by atoms with E-state index in [-0.39, 0.29) is 11.7 Å². The molecule has 3 aliphatic heterocycles. The molecule has 3 aromatic rings. The molecule has 282 valence electrons. The number of piperazine rings is 1. The van der Waals surface area contributed by atoms with Gasteiger partial charge in [-0.15, -0.1) is 0 Å². The smallest absolute Gasteiger partial charge is 0.410 e. The van der Waals surface area contributed by atoms with Crippen molar-refractivity contribution in [3.8, 4) is 22.6 Å². The molecule has 52 heavy (non-hydrogen) atoms. The van der Waals surface area contributed by atoms with Crippen molar-refractivity contribution in [2.45, 2.75) is 77.5 Å². The number of nitrogens with zero attached hydrogens (tertiary/aromatic N) is 6. The van der Waals surface area contributed by atoms with Crippen molar-refractivity contribution < 1.29 is 19.0 Å². The van der Waals surface area contributed by atoms with Gasteiger partial charge in [-0.1, -0.05) is 0 Å². The molecule has 0 atom stereocenters. The van der Waals surface area contributed by atoms with Gasteiger partial charge < -0.3 is 28.6 Å². The average molecular weight is 715 g/mol. The Morgan fingerprint density at radius 3 is 2.17 bits per heavy atom.